The number of rotatable bonds is 0. The summed E-state index contributed by atoms with van der Waals surface area (Å²) in [7, 11) is 0. The van der Waals surface area contributed by atoms with Crippen molar-refractivity contribution in [2.45, 2.75) is 51.4 Å². The summed E-state index contributed by atoms with van der Waals surface area (Å²) in [6.45, 7) is 2.22. The van der Waals surface area contributed by atoms with Crippen LogP contribution in [0, 0.1) is 17.3 Å². The molecule has 2 saturated carbocycles. The van der Waals surface area contributed by atoms with Gasteiger partial charge < -0.3 is 5.11 Å². The van der Waals surface area contributed by atoms with Crippen molar-refractivity contribution in [2.24, 2.45) is 17.3 Å². The number of aromatic hydroxyl groups is 1. The van der Waals surface area contributed by atoms with E-state index in [1.54, 1.807) is 0 Å². The lowest BCUT2D eigenvalue weighted by molar-refractivity contribution is -0.129. The van der Waals surface area contributed by atoms with Crippen LogP contribution < -0.4 is 0 Å². The monoisotopic (exact) mass is 273 g/mol. The minimum absolute atomic E-state index is 0.0322. The number of Topliss-reactive ketones (excluding diaryl/α,β-unsaturated/α-hetero) is 1. The fourth-order valence-corrected chi connectivity index (χ4v) is 5.34. The Bertz CT molecular complexity index is 577. The minimum Gasteiger partial charge on any atom is -0.508 e. The van der Waals surface area contributed by atoms with E-state index in [4.69, 9.17) is 0 Å². The largest absolute Gasteiger partial charge is 0.508 e. The standard InChI is InChI=1S/C18H22O2/c1-18-9-8-14-13-5-3-12(19)10-11(13)2-4-15(14)16(18)6-7-17(18)20/h3,5,10,14-16,19H,2,4,6-9H2,1H3/t14-,15-,16+,18+/m1/s1/i3+1,10+1,12+1. The number of carbonyl (C=O) groups excluding carboxylic acids is 1. The van der Waals surface area contributed by atoms with Crippen molar-refractivity contribution in [2.75, 3.05) is 0 Å². The van der Waals surface area contributed by atoms with Gasteiger partial charge in [-0.2, -0.15) is 0 Å². The SMILES string of the molecule is C[C@]12CC[C@@H]3c4c[13cH][13c](O)[13cH]c4CC[C@H]3[C@@H]1CCC2=O. The van der Waals surface area contributed by atoms with Crippen molar-refractivity contribution in [1.82, 2.24) is 0 Å². The molecule has 2 fully saturated rings. The molecule has 3 aliphatic rings. The number of carbonyl (C=O) groups is 1. The van der Waals surface area contributed by atoms with Crippen molar-refractivity contribution in [3.8, 4) is 5.75 Å². The van der Waals surface area contributed by atoms with Crippen LogP contribution in [0.3, 0.4) is 0 Å². The van der Waals surface area contributed by atoms with E-state index >= 15 is 0 Å². The highest BCUT2D eigenvalue weighted by molar-refractivity contribution is 5.87. The van der Waals surface area contributed by atoms with Crippen LogP contribution in [0.25, 0.3) is 0 Å². The van der Waals surface area contributed by atoms with Crippen molar-refractivity contribution < 1.29 is 9.90 Å². The Balaban J connectivity index is 1.73. The Morgan fingerprint density at radius 3 is 2.90 bits per heavy atom. The van der Waals surface area contributed by atoms with Crippen molar-refractivity contribution in [3.63, 3.8) is 0 Å². The Kier molecular flexibility index (Phi) is 2.55. The molecule has 3 aliphatic carbocycles. The van der Waals surface area contributed by atoms with Crippen LogP contribution in [0.5, 0.6) is 5.75 Å². The molecule has 20 heavy (non-hydrogen) atoms. The van der Waals surface area contributed by atoms with Gasteiger partial charge in [0.05, 0.1) is 0 Å². The summed E-state index contributed by atoms with van der Waals surface area (Å²) in [6, 6.07) is 5.90. The van der Waals surface area contributed by atoms with E-state index in [1.807, 2.05) is 12.1 Å². The van der Waals surface area contributed by atoms with Crippen LogP contribution >= 0.6 is 0 Å². The molecule has 2 nitrogen and oxygen atoms in total. The predicted molar refractivity (Wildman–Crippen MR) is 77.7 cm³/mol. The quantitative estimate of drug-likeness (QED) is 0.780. The van der Waals surface area contributed by atoms with E-state index in [9.17, 15) is 9.90 Å². The molecule has 2 heteroatoms. The molecule has 0 spiro atoms. The molecule has 0 aromatic heterocycles. The summed E-state index contributed by atoms with van der Waals surface area (Å²) in [6.07, 6.45) is 6.34. The van der Waals surface area contributed by atoms with Gasteiger partial charge in [-0.05, 0) is 73.1 Å². The van der Waals surface area contributed by atoms with Gasteiger partial charge in [0.15, 0.2) is 0 Å². The molecular weight excluding hydrogens is 251 g/mol. The van der Waals surface area contributed by atoms with E-state index in [-0.39, 0.29) is 5.41 Å². The molecule has 0 radical (unpaired) electrons. The summed E-state index contributed by atoms with van der Waals surface area (Å²) < 4.78 is 0. The number of fused-ring (bicyclic) bond motifs is 5. The summed E-state index contributed by atoms with van der Waals surface area (Å²) >= 11 is 0. The van der Waals surface area contributed by atoms with Gasteiger partial charge in [-0.1, -0.05) is 13.0 Å². The van der Waals surface area contributed by atoms with Gasteiger partial charge in [-0.3, -0.25) is 4.79 Å². The van der Waals surface area contributed by atoms with Crippen molar-refractivity contribution in [1.29, 1.82) is 0 Å². The fraction of sp³-hybridized carbons (Fsp3) is 0.611. The van der Waals surface area contributed by atoms with Crippen LogP contribution in [0.15, 0.2) is 18.2 Å². The summed E-state index contributed by atoms with van der Waals surface area (Å²) in [5.74, 6) is 2.78. The first-order chi connectivity index (χ1) is 9.59. The van der Waals surface area contributed by atoms with E-state index in [0.29, 0.717) is 29.3 Å². The maximum Gasteiger partial charge on any atom is 0.139 e. The van der Waals surface area contributed by atoms with Gasteiger partial charge in [0.25, 0.3) is 0 Å². The second-order valence-corrected chi connectivity index (χ2v) is 7.22. The topological polar surface area (TPSA) is 37.3 Å². The zero-order valence-electron chi connectivity index (χ0n) is 12.1. The second-order valence-electron chi connectivity index (χ2n) is 7.22. The third kappa shape index (κ3) is 1.54. The number of hydrogen-bond donors (Lipinski definition) is 1. The molecule has 0 unspecified atom stereocenters. The van der Waals surface area contributed by atoms with Crippen molar-refractivity contribution in [3.05, 3.63) is 29.3 Å². The van der Waals surface area contributed by atoms with Gasteiger partial charge in [0, 0.05) is 11.8 Å². The lowest BCUT2D eigenvalue weighted by atomic mass is 9.56. The lowest BCUT2D eigenvalue weighted by Crippen LogP contribution is -2.42. The Hall–Kier alpha value is -1.31. The van der Waals surface area contributed by atoms with E-state index in [0.717, 1.165) is 32.1 Å². The maximum absolute atomic E-state index is 12.3. The summed E-state index contributed by atoms with van der Waals surface area (Å²) in [4.78, 5) is 12.3. The first-order valence-corrected chi connectivity index (χ1v) is 7.95. The normalized spacial score (nSPS) is 39.0. The molecule has 4 rings (SSSR count). The van der Waals surface area contributed by atoms with Crippen LogP contribution in [-0.4, -0.2) is 10.9 Å². The number of benzene rings is 1. The zero-order valence-corrected chi connectivity index (χ0v) is 12.1. The molecule has 4 atom stereocenters. The number of phenolic OH excluding ortho intramolecular Hbond substituents is 1. The molecule has 1 N–H and O–H groups in total. The molecule has 0 amide bonds. The van der Waals surface area contributed by atoms with Crippen LogP contribution in [0.1, 0.15) is 56.1 Å². The highest BCUT2D eigenvalue weighted by Gasteiger charge is 2.54. The molecule has 0 heterocycles. The number of phenols is 1. The Labute approximate surface area is 120 Å². The second kappa shape index (κ2) is 4.09. The van der Waals surface area contributed by atoms with E-state index < -0.39 is 0 Å². The minimum atomic E-state index is -0.0322. The van der Waals surface area contributed by atoms with Crippen molar-refractivity contribution >= 4 is 5.78 Å². The molecular formula is C18H22O2. The van der Waals surface area contributed by atoms with Gasteiger partial charge in [-0.15, -0.1) is 0 Å². The Morgan fingerprint density at radius 1 is 1.20 bits per heavy atom. The maximum atomic E-state index is 12.3. The van der Waals surface area contributed by atoms with E-state index in [2.05, 4.69) is 13.0 Å². The molecule has 0 aliphatic heterocycles. The van der Waals surface area contributed by atoms with Gasteiger partial charge in [0.2, 0.25) is 0 Å². The molecule has 0 saturated heterocycles. The molecule has 1 aromatic carbocycles. The highest BCUT2D eigenvalue weighted by Crippen LogP contribution is 2.59. The number of ketones is 1. The van der Waals surface area contributed by atoms with Gasteiger partial charge >= 0.3 is 0 Å². The smallest absolute Gasteiger partial charge is 0.139 e. The van der Waals surface area contributed by atoms with E-state index in [1.165, 1.54) is 17.5 Å². The molecule has 0 bridgehead atoms. The third-order valence-corrected chi connectivity index (χ3v) is 6.42. The molecule has 106 valence electrons. The summed E-state index contributed by atoms with van der Waals surface area (Å²) in [5.41, 5.74) is 2.75. The molecule has 1 aromatic rings. The predicted octanol–water partition coefficient (Wildman–Crippen LogP) is 3.82. The van der Waals surface area contributed by atoms with Crippen LogP contribution in [0.4, 0.5) is 0 Å². The zero-order chi connectivity index (χ0) is 13.9. The average Bonchev–Trinajstić information content (AvgIpc) is 2.74. The van der Waals surface area contributed by atoms with Crippen LogP contribution in [0.2, 0.25) is 0 Å². The first kappa shape index (κ1) is 12.4. The van der Waals surface area contributed by atoms with Gasteiger partial charge in [-0.25, -0.2) is 0 Å². The average molecular weight is 273 g/mol. The number of hydrogen-bond acceptors (Lipinski definition) is 2. The highest BCUT2D eigenvalue weighted by atomic mass is 16.3. The number of aryl methyl sites for hydroxylation is 1. The Morgan fingerprint density at radius 2 is 2.05 bits per heavy atom. The summed E-state index contributed by atoms with van der Waals surface area (Å²) in [5, 5.41) is 9.67. The van der Waals surface area contributed by atoms with Gasteiger partial charge in [0.1, 0.15) is 11.5 Å². The lowest BCUT2D eigenvalue weighted by Gasteiger charge is -2.48. The fourth-order valence-electron chi connectivity index (χ4n) is 5.34. The first-order valence-electron chi connectivity index (χ1n) is 7.95. The third-order valence-electron chi connectivity index (χ3n) is 6.42. The van der Waals surface area contributed by atoms with Crippen LogP contribution in [-0.2, 0) is 11.2 Å².